The van der Waals surface area contributed by atoms with Gasteiger partial charge in [-0.05, 0) is 56.9 Å². The number of fused-ring (bicyclic) bond motifs is 9. The summed E-state index contributed by atoms with van der Waals surface area (Å²) in [5.41, 5.74) is 1.01. The fraction of sp³-hybridized carbons (Fsp3) is 0.481. The summed E-state index contributed by atoms with van der Waals surface area (Å²) in [6.45, 7) is 4.46. The summed E-state index contributed by atoms with van der Waals surface area (Å²) in [7, 11) is 7.29. The van der Waals surface area contributed by atoms with Crippen LogP contribution < -0.4 is 0 Å². The van der Waals surface area contributed by atoms with Gasteiger partial charge in [0.1, 0.15) is 12.2 Å². The number of carbonyl (C=O) groups is 2. The highest BCUT2D eigenvalue weighted by atomic mass is 31.1. The Hall–Kier alpha value is -0.940. The summed E-state index contributed by atoms with van der Waals surface area (Å²) >= 11 is 0. The van der Waals surface area contributed by atoms with Gasteiger partial charge < -0.3 is 14.2 Å². The first-order valence-electron chi connectivity index (χ1n) is 12.4. The number of rotatable bonds is 6. The van der Waals surface area contributed by atoms with Crippen LogP contribution >= 0.6 is 35.6 Å². The molecular weight excluding hydrogens is 528 g/mol. The smallest absolute Gasteiger partial charge is 0.338 e. The average Bonchev–Trinajstić information content (AvgIpc) is 3.56. The zero-order valence-electron chi connectivity index (χ0n) is 20.4. The fourth-order valence-corrected chi connectivity index (χ4v) is 13.4. The van der Waals surface area contributed by atoms with E-state index in [1.165, 1.54) is 0 Å². The molecule has 4 fully saturated rings. The van der Waals surface area contributed by atoms with Crippen LogP contribution in [0.15, 0.2) is 60.7 Å². The Morgan fingerprint density at radius 3 is 1.92 bits per heavy atom. The molecule has 0 N–H and O–H groups in total. The second-order valence-electron chi connectivity index (χ2n) is 10.6. The van der Waals surface area contributed by atoms with E-state index in [4.69, 9.17) is 14.2 Å². The van der Waals surface area contributed by atoms with Gasteiger partial charge in [0.2, 0.25) is 0 Å². The lowest BCUT2D eigenvalue weighted by Gasteiger charge is -2.53. The molecule has 9 heteroatoms. The van der Waals surface area contributed by atoms with Crippen LogP contribution in [-0.4, -0.2) is 58.5 Å². The Morgan fingerprint density at radius 1 is 0.833 bits per heavy atom. The van der Waals surface area contributed by atoms with Gasteiger partial charge in [-0.2, -0.15) is 0 Å². The van der Waals surface area contributed by atoms with Crippen molar-refractivity contribution in [3.8, 4) is 0 Å². The van der Waals surface area contributed by atoms with Crippen molar-refractivity contribution in [2.45, 2.75) is 52.5 Å². The summed E-state index contributed by atoms with van der Waals surface area (Å²) in [6.07, 6.45) is 1.72. The first-order chi connectivity index (χ1) is 17.2. The molecule has 2 heterocycles. The summed E-state index contributed by atoms with van der Waals surface area (Å²) < 4.78 is 19.6. The quantitative estimate of drug-likeness (QED) is 0.362. The van der Waals surface area contributed by atoms with Crippen molar-refractivity contribution in [1.29, 1.82) is 0 Å². The van der Waals surface area contributed by atoms with Gasteiger partial charge >= 0.3 is 11.9 Å². The molecule has 4 bridgehead atoms. The molecule has 5 nitrogen and oxygen atoms in total. The zero-order valence-corrected chi connectivity index (χ0v) is 24.7. The Bertz CT molecular complexity index is 1200. The molecule has 2 saturated carbocycles. The Kier molecular flexibility index (Phi) is 6.19. The maximum Gasteiger partial charge on any atom is 0.338 e. The first kappa shape index (κ1) is 25.3. The van der Waals surface area contributed by atoms with E-state index in [1.54, 1.807) is 24.3 Å². The summed E-state index contributed by atoms with van der Waals surface area (Å²) in [5.74, 6) is -0.306. The Morgan fingerprint density at radius 2 is 1.39 bits per heavy atom. The molecule has 2 saturated heterocycles. The van der Waals surface area contributed by atoms with Gasteiger partial charge in [-0.15, -0.1) is 27.1 Å². The van der Waals surface area contributed by atoms with E-state index in [2.05, 4.69) is 31.8 Å². The van der Waals surface area contributed by atoms with E-state index >= 15 is 0 Å². The molecule has 6 rings (SSSR count). The molecular formula is C27H32O5P4. The van der Waals surface area contributed by atoms with Crippen molar-refractivity contribution in [3.05, 3.63) is 71.8 Å². The minimum atomic E-state index is -0.575. The van der Waals surface area contributed by atoms with Gasteiger partial charge in [0.05, 0.1) is 21.8 Å². The summed E-state index contributed by atoms with van der Waals surface area (Å²) in [6, 6.07) is 18.2. The van der Waals surface area contributed by atoms with E-state index in [0.717, 1.165) is 19.3 Å². The highest BCUT2D eigenvalue weighted by Crippen LogP contribution is 2.82. The average molecular weight is 560 g/mol. The minimum Gasteiger partial charge on any atom is -0.454 e. The van der Waals surface area contributed by atoms with Crippen molar-refractivity contribution in [1.82, 2.24) is 0 Å². The van der Waals surface area contributed by atoms with Gasteiger partial charge in [-0.3, -0.25) is 0 Å². The van der Waals surface area contributed by atoms with Gasteiger partial charge in [-0.1, -0.05) is 45.0 Å². The second-order valence-corrected chi connectivity index (χ2v) is 15.4. The van der Waals surface area contributed by atoms with Crippen molar-refractivity contribution in [3.63, 3.8) is 0 Å². The van der Waals surface area contributed by atoms with Crippen molar-refractivity contribution in [2.24, 2.45) is 11.8 Å². The maximum atomic E-state index is 13.4. The second kappa shape index (κ2) is 8.79. The largest absolute Gasteiger partial charge is 0.454 e. The van der Waals surface area contributed by atoms with Gasteiger partial charge in [-0.25, -0.2) is 9.59 Å². The topological polar surface area (TPSA) is 61.8 Å². The lowest BCUT2D eigenvalue weighted by atomic mass is 9.67. The molecule has 2 aromatic carbocycles. The molecule has 0 aromatic heterocycles. The molecule has 12 unspecified atom stereocenters. The van der Waals surface area contributed by atoms with E-state index < -0.39 is 17.4 Å². The van der Waals surface area contributed by atoms with Crippen LogP contribution in [0.5, 0.6) is 0 Å². The molecule has 0 radical (unpaired) electrons. The predicted octanol–water partition coefficient (Wildman–Crippen LogP) is 5.15. The first-order valence-corrected chi connectivity index (χ1v) is 16.6. The number of carbonyl (C=O) groups excluding carboxylic acids is 2. The molecule has 0 amide bonds. The van der Waals surface area contributed by atoms with Crippen LogP contribution in [-0.2, 0) is 14.2 Å². The molecule has 2 aromatic rings. The van der Waals surface area contributed by atoms with Crippen molar-refractivity contribution in [2.75, 3.05) is 13.3 Å². The Balaban J connectivity index is 1.44. The number of esters is 2. The van der Waals surface area contributed by atoms with Gasteiger partial charge in [0, 0.05) is 22.1 Å². The van der Waals surface area contributed by atoms with E-state index in [1.807, 2.05) is 36.4 Å². The summed E-state index contributed by atoms with van der Waals surface area (Å²) in [5, 5.41) is -1.30. The third-order valence-corrected chi connectivity index (χ3v) is 13.9. The van der Waals surface area contributed by atoms with Crippen LogP contribution in [0.25, 0.3) is 0 Å². The number of ether oxygens (including phenoxy) is 3. The highest BCUT2D eigenvalue weighted by Gasteiger charge is 2.85. The zero-order chi connectivity index (χ0) is 25.3. The van der Waals surface area contributed by atoms with E-state index in [-0.39, 0.29) is 39.6 Å². The molecule has 4 aliphatic rings. The van der Waals surface area contributed by atoms with E-state index in [9.17, 15) is 9.59 Å². The molecule has 12 atom stereocenters. The van der Waals surface area contributed by atoms with Gasteiger partial charge in [0.25, 0.3) is 0 Å². The lowest BCUT2D eigenvalue weighted by Crippen LogP contribution is -2.62. The van der Waals surface area contributed by atoms with Crippen molar-refractivity contribution >= 4 is 47.6 Å². The fourth-order valence-electron chi connectivity index (χ4n) is 7.70. The van der Waals surface area contributed by atoms with Crippen molar-refractivity contribution < 1.29 is 23.8 Å². The third kappa shape index (κ3) is 3.39. The number of hydrogen-bond acceptors (Lipinski definition) is 5. The normalized spacial score (nSPS) is 42.4. The van der Waals surface area contributed by atoms with Crippen LogP contribution in [0, 0.1) is 11.8 Å². The molecule has 0 spiro atoms. The van der Waals surface area contributed by atoms with Crippen LogP contribution in [0.4, 0.5) is 0 Å². The van der Waals surface area contributed by atoms with Crippen LogP contribution in [0.2, 0.25) is 0 Å². The standard InChI is InChI=1S/C27H32O5P4/c1-35-25-15-24(33,18-19(25)27(36-2)14-13-26(18,34)32-27)20(30-22(28)16-9-5-3-6-10-16)21(25)31-23(29)17-11-7-4-8-12-17/h3-12,18-21,35-36H,13-15,33-34H2,1-2H3. The number of hydrogen-bond donors (Lipinski definition) is 0. The molecule has 2 aliphatic heterocycles. The minimum absolute atomic E-state index is 0.189. The van der Waals surface area contributed by atoms with E-state index in [0.29, 0.717) is 28.3 Å². The lowest BCUT2D eigenvalue weighted by molar-refractivity contribution is -0.0715. The van der Waals surface area contributed by atoms with Crippen LogP contribution in [0.3, 0.4) is 0 Å². The van der Waals surface area contributed by atoms with Crippen LogP contribution in [0.1, 0.15) is 40.0 Å². The summed E-state index contributed by atoms with van der Waals surface area (Å²) in [4.78, 5) is 26.8. The SMILES string of the molecule is CPC12CCC(P)(O1)C1C2C2(PC)CC1(P)C(OC(=O)c1ccccc1)C2OC(=O)c1ccccc1. The predicted molar refractivity (Wildman–Crippen MR) is 152 cm³/mol. The highest BCUT2D eigenvalue weighted by molar-refractivity contribution is 7.40. The third-order valence-electron chi connectivity index (χ3n) is 9.04. The molecule has 190 valence electrons. The number of benzene rings is 2. The Labute approximate surface area is 220 Å². The maximum absolute atomic E-state index is 13.4. The monoisotopic (exact) mass is 560 g/mol. The molecule has 2 aliphatic carbocycles. The molecule has 36 heavy (non-hydrogen) atoms. The van der Waals surface area contributed by atoms with Gasteiger partial charge in [0.15, 0.2) is 0 Å².